The van der Waals surface area contributed by atoms with Gasteiger partial charge in [0.05, 0.1) is 20.8 Å². The number of fused-ring (bicyclic) bond motifs is 1. The Kier molecular flexibility index (Phi) is 4.44. The average Bonchev–Trinajstić information content (AvgIpc) is 3.07. The lowest BCUT2D eigenvalue weighted by Crippen LogP contribution is -2.39. The number of amides is 1. The molecule has 2 heterocycles. The van der Waals surface area contributed by atoms with E-state index in [0.29, 0.717) is 18.1 Å². The number of rotatable bonds is 2. The van der Waals surface area contributed by atoms with E-state index in [1.54, 1.807) is 16.2 Å². The molecule has 128 valence electrons. The largest absolute Gasteiger partial charge is 0.338 e. The molecular formula is C19H16ClFN2OS. The van der Waals surface area contributed by atoms with Gasteiger partial charge in [-0.2, -0.15) is 0 Å². The molecule has 1 unspecified atom stereocenters. The number of para-hydroxylation sites is 1. The summed E-state index contributed by atoms with van der Waals surface area (Å²) in [6.07, 6.45) is 1.87. The third-order valence-corrected chi connectivity index (χ3v) is 5.96. The van der Waals surface area contributed by atoms with Crippen LogP contribution in [0, 0.1) is 5.82 Å². The third kappa shape index (κ3) is 3.26. The number of carbonyl (C=O) groups excluding carboxylic acids is 1. The normalized spacial score (nSPS) is 17.8. The lowest BCUT2D eigenvalue weighted by molar-refractivity contribution is 0.0702. The second-order valence-electron chi connectivity index (χ2n) is 6.23. The Morgan fingerprint density at radius 2 is 2.12 bits per heavy atom. The van der Waals surface area contributed by atoms with Gasteiger partial charge in [-0.15, -0.1) is 11.3 Å². The van der Waals surface area contributed by atoms with Gasteiger partial charge in [0.15, 0.2) is 0 Å². The molecule has 0 bridgehead atoms. The molecule has 1 aromatic heterocycles. The Bertz CT molecular complexity index is 909. The zero-order chi connectivity index (χ0) is 17.4. The van der Waals surface area contributed by atoms with Crippen molar-refractivity contribution >= 4 is 39.1 Å². The van der Waals surface area contributed by atoms with E-state index >= 15 is 0 Å². The van der Waals surface area contributed by atoms with Gasteiger partial charge in [-0.1, -0.05) is 23.7 Å². The summed E-state index contributed by atoms with van der Waals surface area (Å²) in [5, 5.41) is 1.41. The number of carbonyl (C=O) groups is 1. The maximum atomic E-state index is 14.0. The van der Waals surface area contributed by atoms with Gasteiger partial charge in [-0.25, -0.2) is 9.37 Å². The maximum Gasteiger partial charge on any atom is 0.256 e. The first kappa shape index (κ1) is 16.5. The highest BCUT2D eigenvalue weighted by Crippen LogP contribution is 2.33. The number of aromatic nitrogens is 1. The van der Waals surface area contributed by atoms with E-state index in [2.05, 4.69) is 6.07 Å². The zero-order valence-electron chi connectivity index (χ0n) is 13.4. The van der Waals surface area contributed by atoms with Crippen molar-refractivity contribution in [2.75, 3.05) is 13.1 Å². The quantitative estimate of drug-likeness (QED) is 0.624. The SMILES string of the molecule is O=C(c1cc(Cl)ccc1F)N1CCCC(c2nc3ccccc3s2)C1. The van der Waals surface area contributed by atoms with Crippen molar-refractivity contribution < 1.29 is 9.18 Å². The van der Waals surface area contributed by atoms with E-state index in [-0.39, 0.29) is 17.4 Å². The molecule has 4 rings (SSSR count). The van der Waals surface area contributed by atoms with Crippen molar-refractivity contribution in [3.8, 4) is 0 Å². The fourth-order valence-corrected chi connectivity index (χ4v) is 4.52. The fourth-order valence-electron chi connectivity index (χ4n) is 3.26. The Labute approximate surface area is 154 Å². The number of piperidine rings is 1. The van der Waals surface area contributed by atoms with Gasteiger partial charge in [-0.3, -0.25) is 4.79 Å². The molecule has 1 fully saturated rings. The van der Waals surface area contributed by atoms with E-state index in [1.165, 1.54) is 18.2 Å². The molecule has 0 radical (unpaired) electrons. The van der Waals surface area contributed by atoms with Gasteiger partial charge in [0.25, 0.3) is 5.91 Å². The number of nitrogens with zero attached hydrogens (tertiary/aromatic N) is 2. The average molecular weight is 375 g/mol. The van der Waals surface area contributed by atoms with Crippen molar-refractivity contribution in [3.63, 3.8) is 0 Å². The lowest BCUT2D eigenvalue weighted by Gasteiger charge is -2.32. The number of thiazole rings is 1. The standard InChI is InChI=1S/C19H16ClFN2OS/c20-13-7-8-15(21)14(10-13)19(24)23-9-3-4-12(11-23)18-22-16-5-1-2-6-17(16)25-18/h1-2,5-8,10,12H,3-4,9,11H2. The van der Waals surface area contributed by atoms with Gasteiger partial charge in [0.2, 0.25) is 0 Å². The highest BCUT2D eigenvalue weighted by molar-refractivity contribution is 7.18. The van der Waals surface area contributed by atoms with Crippen LogP contribution < -0.4 is 0 Å². The van der Waals surface area contributed by atoms with Crippen molar-refractivity contribution in [2.24, 2.45) is 0 Å². The first-order valence-corrected chi connectivity index (χ1v) is 9.41. The van der Waals surface area contributed by atoms with Crippen LogP contribution in [0.1, 0.15) is 34.1 Å². The van der Waals surface area contributed by atoms with E-state index in [1.807, 2.05) is 18.2 Å². The minimum Gasteiger partial charge on any atom is -0.338 e. The van der Waals surface area contributed by atoms with Crippen LogP contribution in [-0.2, 0) is 0 Å². The van der Waals surface area contributed by atoms with Crippen LogP contribution in [0.4, 0.5) is 4.39 Å². The number of hydrogen-bond acceptors (Lipinski definition) is 3. The van der Waals surface area contributed by atoms with Crippen molar-refractivity contribution in [3.05, 3.63) is 63.9 Å². The second-order valence-corrected chi connectivity index (χ2v) is 7.73. The zero-order valence-corrected chi connectivity index (χ0v) is 15.0. The van der Waals surface area contributed by atoms with Crippen molar-refractivity contribution in [2.45, 2.75) is 18.8 Å². The molecular weight excluding hydrogens is 359 g/mol. The summed E-state index contributed by atoms with van der Waals surface area (Å²) in [6, 6.07) is 12.1. The van der Waals surface area contributed by atoms with Crippen LogP contribution >= 0.6 is 22.9 Å². The molecule has 2 aromatic carbocycles. The minimum atomic E-state index is -0.531. The van der Waals surface area contributed by atoms with E-state index in [0.717, 1.165) is 28.1 Å². The van der Waals surface area contributed by atoms with Crippen LogP contribution in [0.5, 0.6) is 0 Å². The molecule has 6 heteroatoms. The van der Waals surface area contributed by atoms with E-state index < -0.39 is 5.82 Å². The molecule has 0 spiro atoms. The Hall–Kier alpha value is -1.98. The second kappa shape index (κ2) is 6.73. The van der Waals surface area contributed by atoms with Crippen LogP contribution in [0.2, 0.25) is 5.02 Å². The summed E-state index contributed by atoms with van der Waals surface area (Å²) < 4.78 is 15.2. The highest BCUT2D eigenvalue weighted by Gasteiger charge is 2.28. The molecule has 1 saturated heterocycles. The molecule has 1 aliphatic heterocycles. The molecule has 1 amide bonds. The Morgan fingerprint density at radius 1 is 1.28 bits per heavy atom. The summed E-state index contributed by atoms with van der Waals surface area (Å²) >= 11 is 7.60. The molecule has 1 atom stereocenters. The highest BCUT2D eigenvalue weighted by atomic mass is 35.5. The number of hydrogen-bond donors (Lipinski definition) is 0. The van der Waals surface area contributed by atoms with E-state index in [4.69, 9.17) is 16.6 Å². The predicted octanol–water partition coefficient (Wildman–Crippen LogP) is 5.11. The summed E-state index contributed by atoms with van der Waals surface area (Å²) in [7, 11) is 0. The van der Waals surface area contributed by atoms with Crippen molar-refractivity contribution in [1.82, 2.24) is 9.88 Å². The first-order chi connectivity index (χ1) is 12.1. The number of halogens is 2. The lowest BCUT2D eigenvalue weighted by atomic mass is 9.98. The van der Waals surface area contributed by atoms with Crippen LogP contribution in [-0.4, -0.2) is 28.9 Å². The number of benzene rings is 2. The van der Waals surface area contributed by atoms with Gasteiger partial charge in [-0.05, 0) is 43.2 Å². The van der Waals surface area contributed by atoms with Crippen LogP contribution in [0.15, 0.2) is 42.5 Å². The summed E-state index contributed by atoms with van der Waals surface area (Å²) in [6.45, 7) is 1.19. The van der Waals surface area contributed by atoms with Gasteiger partial charge < -0.3 is 4.90 Å². The monoisotopic (exact) mass is 374 g/mol. The molecule has 25 heavy (non-hydrogen) atoms. The molecule has 0 saturated carbocycles. The third-order valence-electron chi connectivity index (χ3n) is 4.53. The molecule has 3 nitrogen and oxygen atoms in total. The number of likely N-dealkylation sites (tertiary alicyclic amines) is 1. The summed E-state index contributed by atoms with van der Waals surface area (Å²) in [5.74, 6) is -0.639. The topological polar surface area (TPSA) is 33.2 Å². The molecule has 0 N–H and O–H groups in total. The minimum absolute atomic E-state index is 0.0393. The first-order valence-electron chi connectivity index (χ1n) is 8.21. The molecule has 0 aliphatic carbocycles. The fraction of sp³-hybridized carbons (Fsp3) is 0.263. The smallest absolute Gasteiger partial charge is 0.256 e. The van der Waals surface area contributed by atoms with Gasteiger partial charge in [0.1, 0.15) is 5.82 Å². The summed E-state index contributed by atoms with van der Waals surface area (Å²) in [4.78, 5) is 19.2. The van der Waals surface area contributed by atoms with Gasteiger partial charge >= 0.3 is 0 Å². The van der Waals surface area contributed by atoms with Crippen LogP contribution in [0.3, 0.4) is 0 Å². The molecule has 3 aromatic rings. The maximum absolute atomic E-state index is 14.0. The predicted molar refractivity (Wildman–Crippen MR) is 98.9 cm³/mol. The van der Waals surface area contributed by atoms with E-state index in [9.17, 15) is 9.18 Å². The van der Waals surface area contributed by atoms with Gasteiger partial charge in [0, 0.05) is 24.0 Å². The Balaban J connectivity index is 1.58. The molecule has 1 aliphatic rings. The van der Waals surface area contributed by atoms with Crippen molar-refractivity contribution in [1.29, 1.82) is 0 Å². The Morgan fingerprint density at radius 3 is 2.96 bits per heavy atom. The summed E-state index contributed by atoms with van der Waals surface area (Å²) in [5.41, 5.74) is 1.03. The van der Waals surface area contributed by atoms with Crippen LogP contribution in [0.25, 0.3) is 10.2 Å².